The molecule has 2 aromatic heterocycles. The maximum atomic E-state index is 14.0. The van der Waals surface area contributed by atoms with Crippen molar-refractivity contribution >= 4 is 32.3 Å². The van der Waals surface area contributed by atoms with Crippen LogP contribution >= 0.6 is 0 Å². The third kappa shape index (κ3) is 5.83. The molecule has 43 heavy (non-hydrogen) atoms. The first kappa shape index (κ1) is 29.8. The predicted molar refractivity (Wildman–Crippen MR) is 166 cm³/mol. The second-order valence-electron chi connectivity index (χ2n) is 10.5. The molecular weight excluding hydrogens is 569 g/mol. The Morgan fingerprint density at radius 1 is 0.977 bits per heavy atom. The molecule has 0 aliphatic heterocycles. The average molecular weight is 602 g/mol. The van der Waals surface area contributed by atoms with E-state index in [0.29, 0.717) is 44.8 Å². The zero-order chi connectivity index (χ0) is 31.1. The number of benzene rings is 3. The number of pyridine rings is 1. The number of halogens is 1. The van der Waals surface area contributed by atoms with E-state index in [0.717, 1.165) is 12.0 Å². The minimum atomic E-state index is -3.61. The molecule has 0 aliphatic rings. The largest absolute Gasteiger partial charge is 0.456 e. The summed E-state index contributed by atoms with van der Waals surface area (Å²) in [4.78, 5) is 29.5. The zero-order valence-electron chi connectivity index (χ0n) is 24.5. The van der Waals surface area contributed by atoms with Crippen LogP contribution in [0.4, 0.5) is 10.1 Å². The van der Waals surface area contributed by atoms with Crippen molar-refractivity contribution in [1.29, 1.82) is 0 Å². The Hall–Kier alpha value is -4.70. The lowest BCUT2D eigenvalue weighted by molar-refractivity contribution is 0.102. The van der Waals surface area contributed by atoms with Crippen molar-refractivity contribution in [3.63, 3.8) is 0 Å². The lowest BCUT2D eigenvalue weighted by Crippen LogP contribution is -2.17. The lowest BCUT2D eigenvalue weighted by atomic mass is 10.0. The number of aromatic nitrogens is 2. The summed E-state index contributed by atoms with van der Waals surface area (Å²) >= 11 is 0. The number of hydrogen-bond donors (Lipinski definition) is 2. The molecule has 3 aromatic carbocycles. The molecule has 5 rings (SSSR count). The van der Waals surface area contributed by atoms with Gasteiger partial charge in [-0.3, -0.25) is 9.59 Å². The fraction of sp³-hybridized carbons (Fsp3) is 0.212. The molecule has 2 N–H and O–H groups in total. The predicted octanol–water partition coefficient (Wildman–Crippen LogP) is 6.69. The van der Waals surface area contributed by atoms with Gasteiger partial charge in [0.15, 0.2) is 9.84 Å². The van der Waals surface area contributed by atoms with Gasteiger partial charge in [-0.05, 0) is 85.5 Å². The maximum absolute atomic E-state index is 14.0. The zero-order valence-corrected chi connectivity index (χ0v) is 25.4. The number of hydrogen-bond acceptors (Lipinski definition) is 5. The molecule has 0 aliphatic carbocycles. The number of nitrogens with zero attached hydrogens (tertiary/aromatic N) is 1. The Balaban J connectivity index is 1.68. The number of aryl methyl sites for hydroxylation is 4. The standard InChI is InChI=1S/C33H32FN3O5S/c1-6-21-8-10-23(11-9-21)35-32(38)28-17-26-27(18-37(5)33(39)30(26)36-28)25-16-24(43(40,41)7-2)12-13-29(25)42-31-19(3)14-22(34)15-20(31)4/h8-18,36H,6-7H2,1-5H3,(H,35,38). The number of rotatable bonds is 8. The fourth-order valence-corrected chi connectivity index (χ4v) is 5.94. The first-order valence-electron chi connectivity index (χ1n) is 13.9. The van der Waals surface area contributed by atoms with Crippen molar-refractivity contribution in [1.82, 2.24) is 9.55 Å². The molecule has 0 saturated heterocycles. The van der Waals surface area contributed by atoms with Gasteiger partial charge in [-0.25, -0.2) is 12.8 Å². The van der Waals surface area contributed by atoms with E-state index in [1.165, 1.54) is 28.8 Å². The summed E-state index contributed by atoms with van der Waals surface area (Å²) in [7, 11) is -2.03. The highest BCUT2D eigenvalue weighted by atomic mass is 32.2. The van der Waals surface area contributed by atoms with Crippen molar-refractivity contribution < 1.29 is 22.3 Å². The molecule has 222 valence electrons. The van der Waals surface area contributed by atoms with E-state index in [1.807, 2.05) is 31.2 Å². The van der Waals surface area contributed by atoms with Gasteiger partial charge in [0, 0.05) is 35.4 Å². The van der Waals surface area contributed by atoms with E-state index in [-0.39, 0.29) is 27.4 Å². The van der Waals surface area contributed by atoms with Crippen molar-refractivity contribution in [3.05, 3.63) is 105 Å². The summed E-state index contributed by atoms with van der Waals surface area (Å²) < 4.78 is 47.5. The number of amides is 1. The van der Waals surface area contributed by atoms with Crippen LogP contribution in [0.5, 0.6) is 11.5 Å². The molecular formula is C33H32FN3O5S. The Labute approximate surface area is 249 Å². The number of nitrogens with one attached hydrogen (secondary N) is 2. The van der Waals surface area contributed by atoms with Gasteiger partial charge in [0.05, 0.1) is 10.6 Å². The van der Waals surface area contributed by atoms with E-state index in [2.05, 4.69) is 10.3 Å². The molecule has 0 saturated carbocycles. The number of sulfone groups is 1. The molecule has 10 heteroatoms. The SMILES string of the molecule is CCc1ccc(NC(=O)c2cc3c(-c4cc(S(=O)(=O)CC)ccc4Oc4c(C)cc(F)cc4C)cn(C)c(=O)c3[nH]2)cc1. The first-order chi connectivity index (χ1) is 20.4. The van der Waals surface area contributed by atoms with Gasteiger partial charge >= 0.3 is 0 Å². The molecule has 5 aromatic rings. The Bertz CT molecular complexity index is 2020. The molecule has 0 fully saturated rings. The first-order valence-corrected chi connectivity index (χ1v) is 15.5. The number of carbonyl (C=O) groups is 1. The normalized spacial score (nSPS) is 11.6. The highest BCUT2D eigenvalue weighted by molar-refractivity contribution is 7.91. The average Bonchev–Trinajstić information content (AvgIpc) is 3.43. The molecule has 2 heterocycles. The molecule has 0 bridgehead atoms. The lowest BCUT2D eigenvalue weighted by Gasteiger charge is -2.17. The van der Waals surface area contributed by atoms with Crippen molar-refractivity contribution in [2.45, 2.75) is 39.0 Å². The summed E-state index contributed by atoms with van der Waals surface area (Å²) in [6, 6.07) is 16.3. The molecule has 0 atom stereocenters. The van der Waals surface area contributed by atoms with Gasteiger partial charge in [0.25, 0.3) is 11.5 Å². The van der Waals surface area contributed by atoms with Crippen molar-refractivity contribution in [3.8, 4) is 22.6 Å². The minimum absolute atomic E-state index is 0.0796. The summed E-state index contributed by atoms with van der Waals surface area (Å²) in [6.45, 7) is 7.04. The topological polar surface area (TPSA) is 110 Å². The fourth-order valence-electron chi connectivity index (χ4n) is 5.03. The van der Waals surface area contributed by atoms with Crippen LogP contribution in [0.2, 0.25) is 0 Å². The van der Waals surface area contributed by atoms with E-state index in [4.69, 9.17) is 4.74 Å². The number of anilines is 1. The number of carbonyl (C=O) groups excluding carboxylic acids is 1. The van der Waals surface area contributed by atoms with Gasteiger partial charge < -0.3 is 19.6 Å². The highest BCUT2D eigenvalue weighted by Crippen LogP contribution is 2.40. The van der Waals surface area contributed by atoms with Gasteiger partial charge in [-0.15, -0.1) is 0 Å². The summed E-state index contributed by atoms with van der Waals surface area (Å²) in [5, 5.41) is 3.26. The second-order valence-corrected chi connectivity index (χ2v) is 12.7. The van der Waals surface area contributed by atoms with E-state index >= 15 is 0 Å². The van der Waals surface area contributed by atoms with Gasteiger partial charge in [-0.1, -0.05) is 26.0 Å². The molecule has 0 radical (unpaired) electrons. The van der Waals surface area contributed by atoms with Crippen LogP contribution in [0.3, 0.4) is 0 Å². The van der Waals surface area contributed by atoms with Gasteiger partial charge in [0.2, 0.25) is 0 Å². The Morgan fingerprint density at radius 2 is 1.65 bits per heavy atom. The van der Waals surface area contributed by atoms with Crippen LogP contribution in [0.25, 0.3) is 22.0 Å². The van der Waals surface area contributed by atoms with Crippen LogP contribution in [-0.2, 0) is 23.3 Å². The molecule has 8 nitrogen and oxygen atoms in total. The van der Waals surface area contributed by atoms with Crippen LogP contribution < -0.4 is 15.6 Å². The highest BCUT2D eigenvalue weighted by Gasteiger charge is 2.22. The monoisotopic (exact) mass is 601 g/mol. The quantitative estimate of drug-likeness (QED) is 0.206. The van der Waals surface area contributed by atoms with Crippen LogP contribution in [0.1, 0.15) is 41.0 Å². The Kier molecular flexibility index (Phi) is 7.98. The van der Waals surface area contributed by atoms with E-state index < -0.39 is 21.6 Å². The number of aromatic amines is 1. The molecule has 0 spiro atoms. The number of fused-ring (bicyclic) bond motifs is 1. The van der Waals surface area contributed by atoms with E-state index in [9.17, 15) is 22.4 Å². The summed E-state index contributed by atoms with van der Waals surface area (Å²) in [5.74, 6) is -0.218. The Morgan fingerprint density at radius 3 is 2.28 bits per heavy atom. The third-order valence-electron chi connectivity index (χ3n) is 7.45. The van der Waals surface area contributed by atoms with E-state index in [1.54, 1.807) is 46.1 Å². The maximum Gasteiger partial charge on any atom is 0.274 e. The summed E-state index contributed by atoms with van der Waals surface area (Å²) in [6.07, 6.45) is 2.45. The smallest absolute Gasteiger partial charge is 0.274 e. The minimum Gasteiger partial charge on any atom is -0.456 e. The summed E-state index contributed by atoms with van der Waals surface area (Å²) in [5.41, 5.74) is 3.69. The van der Waals surface area contributed by atoms with Crippen molar-refractivity contribution in [2.75, 3.05) is 11.1 Å². The van der Waals surface area contributed by atoms with Gasteiger partial charge in [-0.2, -0.15) is 0 Å². The van der Waals surface area contributed by atoms with Crippen molar-refractivity contribution in [2.24, 2.45) is 7.05 Å². The second kappa shape index (κ2) is 11.5. The number of ether oxygens (including phenoxy) is 1. The molecule has 0 unspecified atom stereocenters. The van der Waals surface area contributed by atoms with Crippen LogP contribution in [0, 0.1) is 19.7 Å². The van der Waals surface area contributed by atoms with Crippen LogP contribution in [-0.4, -0.2) is 29.6 Å². The molecule has 1 amide bonds. The third-order valence-corrected chi connectivity index (χ3v) is 9.18. The van der Waals surface area contributed by atoms with Gasteiger partial charge in [0.1, 0.15) is 28.5 Å². The van der Waals surface area contributed by atoms with Crippen LogP contribution in [0.15, 0.2) is 76.6 Å². The number of H-pyrrole nitrogens is 1.